The Bertz CT molecular complexity index is 2930. The van der Waals surface area contributed by atoms with Crippen LogP contribution in [0.4, 0.5) is 23.0 Å². The highest BCUT2D eigenvalue weighted by Crippen LogP contribution is 2.39. The summed E-state index contributed by atoms with van der Waals surface area (Å²) in [7, 11) is 5.97. The molecule has 410 valence electrons. The van der Waals surface area contributed by atoms with E-state index in [1.165, 1.54) is 28.6 Å². The van der Waals surface area contributed by atoms with Gasteiger partial charge in [-0.15, -0.1) is 0 Å². The number of amides is 2. The van der Waals surface area contributed by atoms with Crippen LogP contribution in [0.2, 0.25) is 0 Å². The number of hydrogen-bond donors (Lipinski definition) is 0. The number of para-hydroxylation sites is 2. The third-order valence-corrected chi connectivity index (χ3v) is 16.8. The van der Waals surface area contributed by atoms with Crippen molar-refractivity contribution < 1.29 is 19.1 Å². The normalized spacial score (nSPS) is 21.0. The standard InChI is InChI=1S/C60H76N14O4/c1-6-55(75)73-31-29-69(40-47(73)23-25-61)56-49-21-19-46(72-28-12-16-44-14-8-10-18-54(44)72)38-52(49)64-60(66-56)78-36-34-68(5)39-42(2)58(76)74-32-30-70(41-48(74)24-26-62)57-50-22-20-45(71-27-11-15-43-13-7-9-17-53(43)71)37-51(50)63-59(65-57)77-35-33-67(3)4/h6-10,13-14,17-18,45-48H,1-2,11-12,15-16,19-24,27-41H2,3-5H3/t45-,46+,47+,48+/m1/s1. The van der Waals surface area contributed by atoms with E-state index < -0.39 is 0 Å². The minimum Gasteiger partial charge on any atom is -0.462 e. The summed E-state index contributed by atoms with van der Waals surface area (Å²) in [5.41, 5.74) is 10.1. The number of ether oxygens (including phenoxy) is 2. The number of hydrogen-bond acceptors (Lipinski definition) is 16. The molecule has 0 N–H and O–H groups in total. The van der Waals surface area contributed by atoms with E-state index in [0.29, 0.717) is 76.6 Å². The lowest BCUT2D eigenvalue weighted by Crippen LogP contribution is -2.56. The number of nitriles is 2. The zero-order valence-corrected chi connectivity index (χ0v) is 46.0. The lowest BCUT2D eigenvalue weighted by Gasteiger charge is -2.43. The van der Waals surface area contributed by atoms with Gasteiger partial charge in [-0.1, -0.05) is 49.6 Å². The molecule has 2 amide bonds. The first-order chi connectivity index (χ1) is 38.0. The zero-order chi connectivity index (χ0) is 54.3. The van der Waals surface area contributed by atoms with Crippen molar-refractivity contribution >= 4 is 34.8 Å². The highest BCUT2D eigenvalue weighted by molar-refractivity contribution is 5.93. The molecule has 0 spiro atoms. The van der Waals surface area contributed by atoms with Crippen LogP contribution in [0, 0.1) is 22.7 Å². The number of aromatic nitrogens is 4. The van der Waals surface area contributed by atoms with Crippen molar-refractivity contribution in [3.63, 3.8) is 0 Å². The van der Waals surface area contributed by atoms with E-state index in [1.54, 1.807) is 4.90 Å². The molecule has 4 aliphatic heterocycles. The average Bonchev–Trinajstić information content (AvgIpc) is 3.62. The van der Waals surface area contributed by atoms with Crippen LogP contribution in [0.1, 0.15) is 72.2 Å². The van der Waals surface area contributed by atoms with Crippen LogP contribution in [0.5, 0.6) is 12.0 Å². The van der Waals surface area contributed by atoms with E-state index in [-0.39, 0.29) is 55.4 Å². The SMILES string of the molecule is C=CC(=O)N1CCN(c2nc(OCCN(C)CC(=C)C(=O)N3CCN(c4nc(OCCN(C)C)nc5c4CC[C@@H](N4CCCc6ccccc64)C5)C[C@@H]3CC#N)nc3c2CC[C@H](N2CCCc4ccccc42)C3)C[C@@H]1CC#N. The molecule has 4 aromatic rings. The van der Waals surface area contributed by atoms with Gasteiger partial charge in [-0.25, -0.2) is 0 Å². The Kier molecular flexibility index (Phi) is 17.1. The van der Waals surface area contributed by atoms with Crippen molar-refractivity contribution in [2.75, 3.05) is 126 Å². The maximum Gasteiger partial charge on any atom is 0.318 e. The molecule has 2 saturated heterocycles. The average molecular weight is 1060 g/mol. The molecule has 4 atom stereocenters. The lowest BCUT2D eigenvalue weighted by molar-refractivity contribution is -0.130. The number of nitrogens with zero attached hydrogens (tertiary/aromatic N) is 14. The summed E-state index contributed by atoms with van der Waals surface area (Å²) in [6.07, 6.45) is 11.2. The van der Waals surface area contributed by atoms with E-state index in [2.05, 4.69) is 98.3 Å². The van der Waals surface area contributed by atoms with Crippen molar-refractivity contribution in [1.29, 1.82) is 10.5 Å². The zero-order valence-electron chi connectivity index (χ0n) is 46.0. The van der Waals surface area contributed by atoms with Gasteiger partial charge in [0.2, 0.25) is 5.91 Å². The molecular formula is C60H76N14O4. The van der Waals surface area contributed by atoms with Crippen LogP contribution in [-0.2, 0) is 48.1 Å². The summed E-state index contributed by atoms with van der Waals surface area (Å²) in [6, 6.07) is 22.7. The summed E-state index contributed by atoms with van der Waals surface area (Å²) in [5.74, 6) is 1.32. The number of likely N-dealkylation sites (N-methyl/N-ethyl adjacent to an activating group) is 2. The third kappa shape index (κ3) is 11.9. The Morgan fingerprint density at radius 2 is 1.18 bits per heavy atom. The number of rotatable bonds is 18. The largest absolute Gasteiger partial charge is 0.462 e. The van der Waals surface area contributed by atoms with Crippen molar-refractivity contribution in [3.05, 3.63) is 107 Å². The lowest BCUT2D eigenvalue weighted by atomic mass is 9.88. The molecule has 0 saturated carbocycles. The Balaban J connectivity index is 0.801. The van der Waals surface area contributed by atoms with Crippen LogP contribution in [0.25, 0.3) is 0 Å². The summed E-state index contributed by atoms with van der Waals surface area (Å²) >= 11 is 0. The van der Waals surface area contributed by atoms with Crippen LogP contribution < -0.4 is 29.1 Å². The molecule has 0 bridgehead atoms. The highest BCUT2D eigenvalue weighted by Gasteiger charge is 2.38. The van der Waals surface area contributed by atoms with E-state index in [1.807, 2.05) is 30.9 Å². The number of piperazine rings is 2. The monoisotopic (exact) mass is 1060 g/mol. The second-order valence-corrected chi connectivity index (χ2v) is 22.2. The van der Waals surface area contributed by atoms with Crippen LogP contribution in [-0.4, -0.2) is 182 Å². The minimum absolute atomic E-state index is 0.164. The molecule has 0 radical (unpaired) electrons. The maximum atomic E-state index is 14.4. The van der Waals surface area contributed by atoms with Gasteiger partial charge in [-0.2, -0.15) is 30.5 Å². The van der Waals surface area contributed by atoms with Gasteiger partial charge in [0.05, 0.1) is 48.5 Å². The second kappa shape index (κ2) is 24.6. The van der Waals surface area contributed by atoms with Gasteiger partial charge in [0, 0.05) is 125 Å². The Labute approximate surface area is 460 Å². The molecule has 0 unspecified atom stereocenters. The second-order valence-electron chi connectivity index (χ2n) is 22.2. The number of anilines is 4. The number of benzene rings is 2. The Hall–Kier alpha value is -7.28. The minimum atomic E-state index is -0.369. The fourth-order valence-electron chi connectivity index (χ4n) is 12.8. The smallest absolute Gasteiger partial charge is 0.318 e. The van der Waals surface area contributed by atoms with Crippen molar-refractivity contribution in [1.82, 2.24) is 39.5 Å². The number of fused-ring (bicyclic) bond motifs is 4. The third-order valence-electron chi connectivity index (χ3n) is 16.8. The topological polar surface area (TPSA) is 178 Å². The molecular weight excluding hydrogens is 981 g/mol. The molecule has 18 heteroatoms. The van der Waals surface area contributed by atoms with Gasteiger partial charge in [-0.3, -0.25) is 14.5 Å². The molecule has 6 aliphatic rings. The van der Waals surface area contributed by atoms with Crippen LogP contribution >= 0.6 is 0 Å². The van der Waals surface area contributed by atoms with Crippen LogP contribution in [0.3, 0.4) is 0 Å². The van der Waals surface area contributed by atoms with Crippen LogP contribution in [0.15, 0.2) is 73.3 Å². The van der Waals surface area contributed by atoms with Gasteiger partial charge in [0.15, 0.2) is 0 Å². The molecule has 2 aromatic heterocycles. The number of carbonyl (C=O) groups is 2. The quantitative estimate of drug-likeness (QED) is 0.115. The molecule has 2 aliphatic carbocycles. The Morgan fingerprint density at radius 3 is 1.69 bits per heavy atom. The van der Waals surface area contributed by atoms with Crippen molar-refractivity contribution in [2.45, 2.75) is 101 Å². The number of aryl methyl sites for hydroxylation is 2. The summed E-state index contributed by atoms with van der Waals surface area (Å²) in [4.78, 5) is 64.8. The van der Waals surface area contributed by atoms with Crippen molar-refractivity contribution in [3.8, 4) is 24.2 Å². The first kappa shape index (κ1) is 54.1. The maximum absolute atomic E-state index is 14.4. The summed E-state index contributed by atoms with van der Waals surface area (Å²) in [6.45, 7) is 15.1. The Morgan fingerprint density at radius 1 is 0.679 bits per heavy atom. The molecule has 2 fully saturated rings. The molecule has 6 heterocycles. The van der Waals surface area contributed by atoms with E-state index in [0.717, 1.165) is 118 Å². The first-order valence-electron chi connectivity index (χ1n) is 28.2. The molecule has 18 nitrogen and oxygen atoms in total. The predicted octanol–water partition coefficient (Wildman–Crippen LogP) is 5.44. The van der Waals surface area contributed by atoms with Gasteiger partial charge in [-0.05, 0) is 102 Å². The first-order valence-corrected chi connectivity index (χ1v) is 28.2. The fraction of sp³-hybridized carbons (Fsp3) is 0.533. The van der Waals surface area contributed by atoms with E-state index >= 15 is 0 Å². The predicted molar refractivity (Wildman–Crippen MR) is 302 cm³/mol. The van der Waals surface area contributed by atoms with Gasteiger partial charge >= 0.3 is 12.0 Å². The van der Waals surface area contributed by atoms with Gasteiger partial charge in [0.1, 0.15) is 24.8 Å². The summed E-state index contributed by atoms with van der Waals surface area (Å²) < 4.78 is 12.7. The number of carbonyl (C=O) groups excluding carboxylic acids is 2. The molecule has 10 rings (SSSR count). The highest BCUT2D eigenvalue weighted by atomic mass is 16.5. The van der Waals surface area contributed by atoms with E-state index in [9.17, 15) is 20.1 Å². The summed E-state index contributed by atoms with van der Waals surface area (Å²) in [5, 5.41) is 19.9. The van der Waals surface area contributed by atoms with Crippen molar-refractivity contribution in [2.24, 2.45) is 0 Å². The molecule has 78 heavy (non-hydrogen) atoms. The fourth-order valence-corrected chi connectivity index (χ4v) is 12.8. The van der Waals surface area contributed by atoms with Gasteiger partial charge in [0.25, 0.3) is 5.91 Å². The van der Waals surface area contributed by atoms with E-state index in [4.69, 9.17) is 29.4 Å². The van der Waals surface area contributed by atoms with Gasteiger partial charge < -0.3 is 43.8 Å². The molecule has 2 aromatic carbocycles.